The number of aliphatic hydroxyl groups is 3. The van der Waals surface area contributed by atoms with Crippen LogP contribution in [0.5, 0.6) is 11.5 Å². The monoisotopic (exact) mass is 540 g/mol. The van der Waals surface area contributed by atoms with Crippen LogP contribution in [-0.4, -0.2) is 48.4 Å². The molecule has 4 aromatic carbocycles. The third kappa shape index (κ3) is 6.23. The van der Waals surface area contributed by atoms with E-state index in [2.05, 4.69) is 91.9 Å². The van der Waals surface area contributed by atoms with Gasteiger partial charge in [-0.15, -0.1) is 0 Å². The summed E-state index contributed by atoms with van der Waals surface area (Å²) in [5.74, 6) is 1.67. The molecule has 0 saturated heterocycles. The minimum absolute atomic E-state index is 0.000533. The first-order valence-corrected chi connectivity index (χ1v) is 14.2. The van der Waals surface area contributed by atoms with Gasteiger partial charge >= 0.3 is 0 Å². The zero-order valence-corrected chi connectivity index (χ0v) is 23.3. The van der Waals surface area contributed by atoms with E-state index in [1.165, 1.54) is 52.6 Å². The quantitative estimate of drug-likeness (QED) is 0.161. The van der Waals surface area contributed by atoms with Crippen molar-refractivity contribution in [3.05, 3.63) is 119 Å². The zero-order chi connectivity index (χ0) is 28.2. The molecule has 4 aromatic rings. The maximum atomic E-state index is 9.14. The number of aliphatic hydroxyl groups excluding tert-OH is 3. The zero-order valence-electron chi connectivity index (χ0n) is 23.3. The van der Waals surface area contributed by atoms with Crippen molar-refractivity contribution in [3.8, 4) is 22.6 Å². The number of unbranched alkanes of at least 4 members (excludes halogenated alkanes) is 3. The van der Waals surface area contributed by atoms with Gasteiger partial charge in [-0.25, -0.2) is 0 Å². The summed E-state index contributed by atoms with van der Waals surface area (Å²) in [5.41, 5.74) is 7.05. The summed E-state index contributed by atoms with van der Waals surface area (Å²) in [7, 11) is 0. The topological polar surface area (TPSA) is 79.2 Å². The predicted octanol–water partition coefficient (Wildman–Crippen LogP) is 6.35. The number of fused-ring (bicyclic) bond motifs is 3. The maximum Gasteiger partial charge on any atom is 0.119 e. The van der Waals surface area contributed by atoms with E-state index in [9.17, 15) is 0 Å². The molecular weight excluding hydrogens is 500 g/mol. The molecule has 0 aliphatic heterocycles. The summed E-state index contributed by atoms with van der Waals surface area (Å²) in [6, 6.07) is 34.4. The summed E-state index contributed by atoms with van der Waals surface area (Å²) in [4.78, 5) is 0. The van der Waals surface area contributed by atoms with Crippen LogP contribution in [0.25, 0.3) is 11.1 Å². The van der Waals surface area contributed by atoms with Crippen LogP contribution in [-0.2, 0) is 5.41 Å². The van der Waals surface area contributed by atoms with Crippen molar-refractivity contribution in [2.45, 2.75) is 38.0 Å². The van der Waals surface area contributed by atoms with Gasteiger partial charge in [0, 0.05) is 0 Å². The minimum Gasteiger partial charge on any atom is -0.494 e. The molecule has 0 saturated carbocycles. The van der Waals surface area contributed by atoms with Crippen molar-refractivity contribution < 1.29 is 24.8 Å². The molecule has 40 heavy (non-hydrogen) atoms. The molecule has 0 radical (unpaired) electrons. The highest BCUT2D eigenvalue weighted by Gasteiger charge is 2.45. The van der Waals surface area contributed by atoms with Crippen molar-refractivity contribution in [1.82, 2.24) is 0 Å². The molecule has 0 bridgehead atoms. The third-order valence-electron chi connectivity index (χ3n) is 7.25. The van der Waals surface area contributed by atoms with Crippen LogP contribution in [0.2, 0.25) is 0 Å². The van der Waals surface area contributed by atoms with Gasteiger partial charge in [0.1, 0.15) is 18.1 Å². The molecule has 1 aliphatic carbocycles. The van der Waals surface area contributed by atoms with Gasteiger partial charge in [0.05, 0.1) is 31.8 Å². The Morgan fingerprint density at radius 3 is 1.45 bits per heavy atom. The first kappa shape index (κ1) is 29.3. The third-order valence-corrected chi connectivity index (χ3v) is 7.25. The fourth-order valence-electron chi connectivity index (χ4n) is 5.51. The molecular formula is C35H40O5. The average molecular weight is 541 g/mol. The van der Waals surface area contributed by atoms with Crippen LogP contribution in [0, 0.1) is 0 Å². The molecule has 0 spiro atoms. The lowest BCUT2D eigenvalue weighted by Gasteiger charge is -2.34. The molecule has 1 aliphatic rings. The molecule has 0 heterocycles. The maximum absolute atomic E-state index is 9.14. The van der Waals surface area contributed by atoms with E-state index in [1.54, 1.807) is 0 Å². The van der Waals surface area contributed by atoms with Crippen LogP contribution in [0.3, 0.4) is 0 Å². The van der Waals surface area contributed by atoms with Crippen molar-refractivity contribution in [2.24, 2.45) is 0 Å². The van der Waals surface area contributed by atoms with Gasteiger partial charge in [-0.3, -0.25) is 0 Å². The van der Waals surface area contributed by atoms with E-state index in [0.717, 1.165) is 24.5 Å². The highest BCUT2D eigenvalue weighted by molar-refractivity contribution is 5.86. The lowest BCUT2D eigenvalue weighted by atomic mass is 9.68. The molecule has 0 unspecified atom stereocenters. The molecule has 5 heteroatoms. The molecule has 0 amide bonds. The highest BCUT2D eigenvalue weighted by atomic mass is 16.5. The Morgan fingerprint density at radius 2 is 1.00 bits per heavy atom. The van der Waals surface area contributed by atoms with Crippen molar-refractivity contribution in [1.29, 1.82) is 0 Å². The van der Waals surface area contributed by atoms with Crippen molar-refractivity contribution >= 4 is 0 Å². The lowest BCUT2D eigenvalue weighted by Crippen LogP contribution is -2.28. The minimum atomic E-state index is -0.442. The Kier molecular flexibility index (Phi) is 10.8. The smallest absolute Gasteiger partial charge is 0.119 e. The van der Waals surface area contributed by atoms with Crippen LogP contribution in [0.4, 0.5) is 0 Å². The van der Waals surface area contributed by atoms with E-state index in [4.69, 9.17) is 24.8 Å². The fraction of sp³-hybridized carbons (Fsp3) is 0.314. The normalized spacial score (nSPS) is 12.6. The second-order valence-corrected chi connectivity index (χ2v) is 9.82. The summed E-state index contributed by atoms with van der Waals surface area (Å²) in [6.07, 6.45) is 4.79. The van der Waals surface area contributed by atoms with E-state index in [1.807, 2.05) is 12.1 Å². The molecule has 0 fully saturated rings. The van der Waals surface area contributed by atoms with E-state index >= 15 is 0 Å². The van der Waals surface area contributed by atoms with Crippen molar-refractivity contribution in [2.75, 3.05) is 33.0 Å². The molecule has 5 nitrogen and oxygen atoms in total. The van der Waals surface area contributed by atoms with Gasteiger partial charge in [-0.2, -0.15) is 0 Å². The first-order chi connectivity index (χ1) is 19.7. The lowest BCUT2D eigenvalue weighted by molar-refractivity contribution is 0.186. The van der Waals surface area contributed by atoms with Crippen molar-refractivity contribution in [3.63, 3.8) is 0 Å². The van der Waals surface area contributed by atoms with Crippen LogP contribution >= 0.6 is 0 Å². The number of hydrogen-bond donors (Lipinski definition) is 3. The first-order valence-electron chi connectivity index (χ1n) is 14.2. The summed E-state index contributed by atoms with van der Waals surface area (Å²) in [5, 5.41) is 24.4. The standard InChI is InChI=1S/C33H34O3.C2H6O2/c1-2-3-4-9-23-35-27-18-14-25(15-19-27)33(26-16-20-28(21-17-26)36-24-22-34)31-12-7-5-10-29(31)30-11-6-8-13-32(30)33;3-1-2-4/h5-8,10-21,34H,2-4,9,22-24H2,1H3;3-4H,1-2H2. The van der Waals surface area contributed by atoms with Crippen LogP contribution < -0.4 is 9.47 Å². The van der Waals surface area contributed by atoms with Gasteiger partial charge in [0.2, 0.25) is 0 Å². The molecule has 0 atom stereocenters. The number of hydrogen-bond acceptors (Lipinski definition) is 5. The summed E-state index contributed by atoms with van der Waals surface area (Å²) in [6.45, 7) is 3.02. The largest absolute Gasteiger partial charge is 0.494 e. The van der Waals surface area contributed by atoms with E-state index in [0.29, 0.717) is 0 Å². The van der Waals surface area contributed by atoms with Gasteiger partial charge in [-0.1, -0.05) is 99.0 Å². The van der Waals surface area contributed by atoms with Gasteiger partial charge in [0.15, 0.2) is 0 Å². The number of rotatable bonds is 12. The number of benzene rings is 4. The molecule has 5 rings (SSSR count). The van der Waals surface area contributed by atoms with E-state index < -0.39 is 5.41 Å². The Bertz CT molecular complexity index is 1270. The molecule has 3 N–H and O–H groups in total. The van der Waals surface area contributed by atoms with E-state index in [-0.39, 0.29) is 26.4 Å². The predicted molar refractivity (Wildman–Crippen MR) is 160 cm³/mol. The summed E-state index contributed by atoms with van der Waals surface area (Å²) >= 11 is 0. The Morgan fingerprint density at radius 1 is 0.525 bits per heavy atom. The van der Waals surface area contributed by atoms with Crippen LogP contribution in [0.15, 0.2) is 97.1 Å². The summed E-state index contributed by atoms with van der Waals surface area (Å²) < 4.78 is 11.7. The second-order valence-electron chi connectivity index (χ2n) is 9.82. The Balaban J connectivity index is 0.000000867. The van der Waals surface area contributed by atoms with Gasteiger partial charge in [-0.05, 0) is 64.1 Å². The van der Waals surface area contributed by atoms with Gasteiger partial charge in [0.25, 0.3) is 0 Å². The number of ether oxygens (including phenoxy) is 2. The fourth-order valence-corrected chi connectivity index (χ4v) is 5.51. The Hall–Kier alpha value is -3.64. The molecule has 210 valence electrons. The Labute approximate surface area is 237 Å². The highest BCUT2D eigenvalue weighted by Crippen LogP contribution is 2.56. The van der Waals surface area contributed by atoms with Gasteiger partial charge < -0.3 is 24.8 Å². The second kappa shape index (κ2) is 14.7. The van der Waals surface area contributed by atoms with Crippen LogP contribution in [0.1, 0.15) is 54.9 Å². The average Bonchev–Trinajstić information content (AvgIpc) is 3.32. The molecule has 0 aromatic heterocycles. The SMILES string of the molecule is CCCCCCOc1ccc(C2(c3ccc(OCCO)cc3)c3ccccc3-c3ccccc32)cc1.OCCO.